The molecule has 1 saturated heterocycles. The van der Waals surface area contributed by atoms with Crippen LogP contribution in [0.15, 0.2) is 60.7 Å². The summed E-state index contributed by atoms with van der Waals surface area (Å²) in [6.45, 7) is 0. The first kappa shape index (κ1) is 20.8. The van der Waals surface area contributed by atoms with Gasteiger partial charge in [-0.1, -0.05) is 35.9 Å². The summed E-state index contributed by atoms with van der Waals surface area (Å²) >= 11 is 6.05. The Morgan fingerprint density at radius 1 is 1.03 bits per heavy atom. The molecule has 32 heavy (non-hydrogen) atoms. The van der Waals surface area contributed by atoms with Crippen LogP contribution >= 0.6 is 11.6 Å². The number of carbonyl (C=O) groups is 3. The summed E-state index contributed by atoms with van der Waals surface area (Å²) in [4.78, 5) is 41.0. The third kappa shape index (κ3) is 3.48. The minimum absolute atomic E-state index is 0.0344. The molecular weight excluding hydrogens is 428 g/mol. The summed E-state index contributed by atoms with van der Waals surface area (Å²) < 4.78 is 5.15. The van der Waals surface area contributed by atoms with Crippen LogP contribution in [0.1, 0.15) is 24.4 Å². The van der Waals surface area contributed by atoms with Crippen molar-refractivity contribution in [2.75, 3.05) is 12.4 Å². The minimum Gasteiger partial charge on any atom is -0.497 e. The normalized spacial score (nSPS) is 26.4. The molecule has 1 saturated carbocycles. The van der Waals surface area contributed by atoms with E-state index >= 15 is 0 Å². The molecule has 2 bridgehead atoms. The van der Waals surface area contributed by atoms with Crippen LogP contribution in [0.2, 0.25) is 5.02 Å². The molecule has 0 radical (unpaired) electrons. The van der Waals surface area contributed by atoms with Gasteiger partial charge in [0.2, 0.25) is 17.7 Å². The zero-order valence-electron chi connectivity index (χ0n) is 17.5. The van der Waals surface area contributed by atoms with E-state index in [0.29, 0.717) is 22.0 Å². The van der Waals surface area contributed by atoms with Gasteiger partial charge in [0.15, 0.2) is 0 Å². The van der Waals surface area contributed by atoms with E-state index in [4.69, 9.17) is 16.3 Å². The first-order valence-electron chi connectivity index (χ1n) is 10.7. The molecule has 5 rings (SSSR count). The number of likely N-dealkylation sites (tertiary alicyclic amines) is 1. The lowest BCUT2D eigenvalue weighted by atomic mass is 9.85. The standard InChI is InChI=1S/C25H23ClN2O4/c1-32-19-10-8-18(9-11-19)27-21(29)13-20(14-4-6-17(26)7-5-14)28-24(30)22-15-2-3-16(12-15)23(22)25(28)31/h2-11,15-16,20,22-23H,12-13H2,1H3,(H,27,29). The maximum atomic E-state index is 13.4. The molecule has 6 nitrogen and oxygen atoms in total. The number of fused-ring (bicyclic) bond motifs is 5. The first-order chi connectivity index (χ1) is 15.5. The minimum atomic E-state index is -0.685. The first-order valence-corrected chi connectivity index (χ1v) is 11.1. The summed E-state index contributed by atoms with van der Waals surface area (Å²) in [6.07, 6.45) is 4.96. The van der Waals surface area contributed by atoms with Crippen LogP contribution in [0, 0.1) is 23.7 Å². The zero-order chi connectivity index (χ0) is 22.4. The molecule has 2 fully saturated rings. The van der Waals surface area contributed by atoms with Crippen molar-refractivity contribution in [2.45, 2.75) is 18.9 Å². The summed E-state index contributed by atoms with van der Waals surface area (Å²) in [5, 5.41) is 3.41. The Hall–Kier alpha value is -3.12. The van der Waals surface area contributed by atoms with Crippen molar-refractivity contribution in [1.29, 1.82) is 0 Å². The number of ether oxygens (including phenoxy) is 1. The highest BCUT2D eigenvalue weighted by atomic mass is 35.5. The number of nitrogens with zero attached hydrogens (tertiary/aromatic N) is 1. The van der Waals surface area contributed by atoms with Crippen molar-refractivity contribution in [3.63, 3.8) is 0 Å². The predicted molar refractivity (Wildman–Crippen MR) is 120 cm³/mol. The third-order valence-corrected chi connectivity index (χ3v) is 7.08. The molecule has 2 aliphatic carbocycles. The smallest absolute Gasteiger partial charge is 0.234 e. The molecule has 0 spiro atoms. The van der Waals surface area contributed by atoms with Crippen LogP contribution in [0.25, 0.3) is 0 Å². The predicted octanol–water partition coefficient (Wildman–Crippen LogP) is 4.23. The molecule has 2 aromatic carbocycles. The SMILES string of the molecule is COc1ccc(NC(=O)CC(c2ccc(Cl)cc2)N2C(=O)C3C4C=CC(C4)C3C2=O)cc1. The molecule has 1 heterocycles. The molecule has 5 unspecified atom stereocenters. The fraction of sp³-hybridized carbons (Fsp3) is 0.320. The van der Waals surface area contributed by atoms with Crippen LogP contribution in [-0.4, -0.2) is 29.7 Å². The third-order valence-electron chi connectivity index (χ3n) is 6.82. The Kier molecular flexibility index (Phi) is 5.25. The second-order valence-corrected chi connectivity index (χ2v) is 9.03. The van der Waals surface area contributed by atoms with Gasteiger partial charge >= 0.3 is 0 Å². The number of hydrogen-bond donors (Lipinski definition) is 1. The van der Waals surface area contributed by atoms with E-state index in [-0.39, 0.29) is 47.8 Å². The van der Waals surface area contributed by atoms with Crippen molar-refractivity contribution in [3.05, 3.63) is 71.3 Å². The average molecular weight is 451 g/mol. The topological polar surface area (TPSA) is 75.7 Å². The number of benzene rings is 2. The number of hydrogen-bond acceptors (Lipinski definition) is 4. The van der Waals surface area contributed by atoms with Gasteiger partial charge in [0.1, 0.15) is 5.75 Å². The fourth-order valence-corrected chi connectivity index (χ4v) is 5.46. The van der Waals surface area contributed by atoms with Gasteiger partial charge in [-0.25, -0.2) is 0 Å². The van der Waals surface area contributed by atoms with Crippen molar-refractivity contribution < 1.29 is 19.1 Å². The Labute approximate surface area is 191 Å². The lowest BCUT2D eigenvalue weighted by molar-refractivity contribution is -0.144. The second kappa shape index (κ2) is 8.10. The molecule has 0 aromatic heterocycles. The van der Waals surface area contributed by atoms with Gasteiger partial charge in [0.25, 0.3) is 0 Å². The summed E-state index contributed by atoms with van der Waals surface area (Å²) in [6, 6.07) is 13.3. The molecule has 164 valence electrons. The number of imide groups is 1. The number of amides is 3. The second-order valence-electron chi connectivity index (χ2n) is 8.59. The van der Waals surface area contributed by atoms with Gasteiger partial charge in [0, 0.05) is 10.7 Å². The van der Waals surface area contributed by atoms with Crippen LogP contribution < -0.4 is 10.1 Å². The number of anilines is 1. The van der Waals surface area contributed by atoms with E-state index in [1.807, 2.05) is 0 Å². The maximum absolute atomic E-state index is 13.4. The van der Waals surface area contributed by atoms with E-state index in [2.05, 4.69) is 17.5 Å². The van der Waals surface area contributed by atoms with E-state index in [1.54, 1.807) is 55.6 Å². The summed E-state index contributed by atoms with van der Waals surface area (Å²) in [5.74, 6) is -0.327. The zero-order valence-corrected chi connectivity index (χ0v) is 18.3. The molecule has 3 aliphatic rings. The Balaban J connectivity index is 1.41. The van der Waals surface area contributed by atoms with Crippen LogP contribution in [0.5, 0.6) is 5.75 Å². The molecule has 7 heteroatoms. The molecule has 1 N–H and O–H groups in total. The highest BCUT2D eigenvalue weighted by Gasteiger charge is 2.60. The van der Waals surface area contributed by atoms with Crippen molar-refractivity contribution in [1.82, 2.24) is 4.90 Å². The number of nitrogens with one attached hydrogen (secondary N) is 1. The maximum Gasteiger partial charge on any atom is 0.234 e. The lowest BCUT2D eigenvalue weighted by Gasteiger charge is -2.28. The molecular formula is C25H23ClN2O4. The highest BCUT2D eigenvalue weighted by Crippen LogP contribution is 2.54. The fourth-order valence-electron chi connectivity index (χ4n) is 5.34. The van der Waals surface area contributed by atoms with Crippen molar-refractivity contribution >= 4 is 35.0 Å². The van der Waals surface area contributed by atoms with E-state index in [1.165, 1.54) is 4.90 Å². The average Bonchev–Trinajstić information content (AvgIpc) is 3.47. The molecule has 5 atom stereocenters. The van der Waals surface area contributed by atoms with Crippen LogP contribution in [-0.2, 0) is 14.4 Å². The summed E-state index contributed by atoms with van der Waals surface area (Å²) in [5.41, 5.74) is 1.32. The van der Waals surface area contributed by atoms with Gasteiger partial charge in [-0.05, 0) is 60.2 Å². The van der Waals surface area contributed by atoms with Crippen LogP contribution in [0.4, 0.5) is 5.69 Å². The van der Waals surface area contributed by atoms with E-state index in [0.717, 1.165) is 6.42 Å². The number of rotatable bonds is 6. The van der Waals surface area contributed by atoms with Gasteiger partial charge in [-0.2, -0.15) is 0 Å². The number of methoxy groups -OCH3 is 1. The molecule has 3 amide bonds. The monoisotopic (exact) mass is 450 g/mol. The van der Waals surface area contributed by atoms with Gasteiger partial charge in [-0.3, -0.25) is 19.3 Å². The van der Waals surface area contributed by atoms with Gasteiger partial charge in [0.05, 0.1) is 31.4 Å². The van der Waals surface area contributed by atoms with Crippen LogP contribution in [0.3, 0.4) is 0 Å². The Morgan fingerprint density at radius 2 is 1.62 bits per heavy atom. The number of halogens is 1. The van der Waals surface area contributed by atoms with Gasteiger partial charge < -0.3 is 10.1 Å². The quantitative estimate of drug-likeness (QED) is 0.528. The van der Waals surface area contributed by atoms with E-state index < -0.39 is 6.04 Å². The molecule has 2 aromatic rings. The van der Waals surface area contributed by atoms with Gasteiger partial charge in [-0.15, -0.1) is 0 Å². The molecule has 1 aliphatic heterocycles. The highest BCUT2D eigenvalue weighted by molar-refractivity contribution is 6.30. The Morgan fingerprint density at radius 3 is 2.19 bits per heavy atom. The number of allylic oxidation sites excluding steroid dienone is 2. The largest absolute Gasteiger partial charge is 0.497 e. The lowest BCUT2D eigenvalue weighted by Crippen LogP contribution is -2.38. The summed E-state index contributed by atoms with van der Waals surface area (Å²) in [7, 11) is 1.57. The van der Waals surface area contributed by atoms with Crippen molar-refractivity contribution in [3.8, 4) is 5.75 Å². The van der Waals surface area contributed by atoms with E-state index in [9.17, 15) is 14.4 Å². The number of carbonyl (C=O) groups excluding carboxylic acids is 3. The Bertz CT molecular complexity index is 1070. The van der Waals surface area contributed by atoms with Crippen molar-refractivity contribution in [2.24, 2.45) is 23.7 Å².